The van der Waals surface area contributed by atoms with Crippen LogP contribution in [-0.2, 0) is 47.1 Å². The van der Waals surface area contributed by atoms with E-state index in [9.17, 15) is 19.2 Å². The number of amides is 1. The summed E-state index contributed by atoms with van der Waals surface area (Å²) in [5.74, 6) is -1.36. The summed E-state index contributed by atoms with van der Waals surface area (Å²) in [7, 11) is -4.98. The second kappa shape index (κ2) is 36.9. The zero-order chi connectivity index (χ0) is 56.7. The summed E-state index contributed by atoms with van der Waals surface area (Å²) >= 11 is 42.7. The molecule has 0 unspecified atom stereocenters. The van der Waals surface area contributed by atoms with E-state index in [1.165, 1.54) is 89.5 Å². The number of halogens is 7. The van der Waals surface area contributed by atoms with Gasteiger partial charge in [-0.1, -0.05) is 247 Å². The number of unbranched alkanes of at least 4 members (excludes halogenated alkanes) is 18. The van der Waals surface area contributed by atoms with Crippen LogP contribution < -0.4 is 14.4 Å². The van der Waals surface area contributed by atoms with Crippen molar-refractivity contribution in [3.8, 4) is 11.5 Å². The number of benzene rings is 2. The summed E-state index contributed by atoms with van der Waals surface area (Å²) < 4.78 is 63.4. The van der Waals surface area contributed by atoms with Gasteiger partial charge in [-0.2, -0.15) is 0 Å². The highest BCUT2D eigenvalue weighted by Gasteiger charge is 2.54. The van der Waals surface area contributed by atoms with E-state index in [0.29, 0.717) is 19.3 Å². The Balaban J connectivity index is 1.99. The van der Waals surface area contributed by atoms with Crippen LogP contribution >= 0.6 is 89.0 Å². The molecule has 0 radical (unpaired) electrons. The Kier molecular flexibility index (Phi) is 33.1. The number of ether oxygens (including phenoxy) is 6. The van der Waals surface area contributed by atoms with E-state index in [1.807, 2.05) is 0 Å². The average Bonchev–Trinajstić information content (AvgIpc) is 3.35. The average molecular weight is 1250 g/mol. The third kappa shape index (κ3) is 29.3. The second-order valence-electron chi connectivity index (χ2n) is 19.6. The van der Waals surface area contributed by atoms with Gasteiger partial charge in [-0.15, -0.1) is 0 Å². The quantitative estimate of drug-likeness (QED) is 0.0222. The molecule has 0 saturated carbocycles. The standard InChI is InChI=1S/C54H79Cl7NO14P/c1-5-7-9-11-13-15-16-18-20-22-30-36-44(63)70-42(35-25-21-19-17-14-12-10-8-6-2)37-45(64)72-48-46(62-50(65)69-39-53(56,57)58)49(55)71-43(38-68-51(66)73-52(3,4)54(59,60)61)47(48)76-77(67,74-40-31-26-23-27-32-40)75-41-33-28-24-29-34-41/h23-24,26-29,31-34,42-43,46-49H,5-22,25,30,35-39H2,1-4H3,(H,62,65)/t42-,43-,46+,47-,48-,49+/m1/s1. The Bertz CT molecular complexity index is 1990. The summed E-state index contributed by atoms with van der Waals surface area (Å²) in [4.78, 5) is 54.6. The summed E-state index contributed by atoms with van der Waals surface area (Å²) in [5, 5.41) is 2.47. The lowest BCUT2D eigenvalue weighted by Crippen LogP contribution is -2.65. The molecule has 3 rings (SSSR count). The van der Waals surface area contributed by atoms with Crippen molar-refractivity contribution in [3.63, 3.8) is 0 Å². The SMILES string of the molecule is CCCCCCCCCCCCCC(=O)O[C@H](CCCCCCCCCCC)CC(=O)O[C@@H]1[C@H](NC(=O)OCC(Cl)(Cl)Cl)[C@@H](Cl)O[C@H](COC(=O)OC(C)(C)C(Cl)(Cl)Cl)[C@H]1OP(=O)(Oc1ccccc1)Oc1ccccc1. The second-order valence-corrected chi connectivity index (χ2v) is 26.3. The molecule has 1 heterocycles. The summed E-state index contributed by atoms with van der Waals surface area (Å²) in [6.07, 6.45) is 12.8. The van der Waals surface area contributed by atoms with E-state index in [0.717, 1.165) is 64.2 Å². The molecule has 23 heteroatoms. The summed E-state index contributed by atoms with van der Waals surface area (Å²) in [6, 6.07) is 14.1. The zero-order valence-electron chi connectivity index (χ0n) is 44.7. The van der Waals surface area contributed by atoms with Gasteiger partial charge in [0, 0.05) is 6.42 Å². The smallest absolute Gasteiger partial charge is 0.462 e. The van der Waals surface area contributed by atoms with Gasteiger partial charge in [0.1, 0.15) is 49.1 Å². The van der Waals surface area contributed by atoms with Crippen molar-refractivity contribution in [2.24, 2.45) is 0 Å². The third-order valence-electron chi connectivity index (χ3n) is 12.4. The lowest BCUT2D eigenvalue weighted by Gasteiger charge is -2.44. The van der Waals surface area contributed by atoms with E-state index >= 15 is 4.57 Å². The number of carbonyl (C=O) groups is 4. The first-order chi connectivity index (χ1) is 36.5. The number of carbonyl (C=O) groups excluding carboxylic acids is 4. The van der Waals surface area contributed by atoms with Gasteiger partial charge in [0.05, 0.1) is 6.42 Å². The first kappa shape index (κ1) is 69.0. The molecule has 0 spiro atoms. The van der Waals surface area contributed by atoms with Crippen LogP contribution in [0, 0.1) is 0 Å². The predicted octanol–water partition coefficient (Wildman–Crippen LogP) is 17.2. The van der Waals surface area contributed by atoms with Gasteiger partial charge in [-0.05, 0) is 57.4 Å². The highest BCUT2D eigenvalue weighted by Crippen LogP contribution is 2.53. The van der Waals surface area contributed by atoms with Crippen molar-refractivity contribution in [1.29, 1.82) is 0 Å². The molecule has 1 amide bonds. The van der Waals surface area contributed by atoms with Crippen molar-refractivity contribution in [3.05, 3.63) is 60.7 Å². The number of hydrogen-bond acceptors (Lipinski definition) is 14. The lowest BCUT2D eigenvalue weighted by atomic mass is 9.97. The molecule has 1 saturated heterocycles. The lowest BCUT2D eigenvalue weighted by molar-refractivity contribution is -0.196. The van der Waals surface area contributed by atoms with Crippen LogP contribution in [0.5, 0.6) is 11.5 Å². The third-order valence-corrected chi connectivity index (χ3v) is 15.9. The molecule has 0 aromatic heterocycles. The zero-order valence-corrected chi connectivity index (χ0v) is 50.9. The fourth-order valence-corrected chi connectivity index (χ4v) is 10.2. The van der Waals surface area contributed by atoms with Crippen LogP contribution in [0.1, 0.15) is 175 Å². The molecule has 1 fully saturated rings. The van der Waals surface area contributed by atoms with Crippen molar-refractivity contribution in [1.82, 2.24) is 5.32 Å². The van der Waals surface area contributed by atoms with E-state index in [4.69, 9.17) is 123 Å². The summed E-state index contributed by atoms with van der Waals surface area (Å²) in [5.41, 5.74) is -3.38. The Labute approximate surface area is 491 Å². The van der Waals surface area contributed by atoms with Gasteiger partial charge >= 0.3 is 32.0 Å². The predicted molar refractivity (Wildman–Crippen MR) is 304 cm³/mol. The van der Waals surface area contributed by atoms with Gasteiger partial charge in [-0.3, -0.25) is 14.1 Å². The van der Waals surface area contributed by atoms with Crippen LogP contribution in [0.2, 0.25) is 0 Å². The molecule has 77 heavy (non-hydrogen) atoms. The number of esters is 2. The van der Waals surface area contributed by atoms with Crippen molar-refractivity contribution in [2.75, 3.05) is 13.2 Å². The van der Waals surface area contributed by atoms with E-state index in [2.05, 4.69) is 19.2 Å². The number of phosphoric acid groups is 1. The molecule has 1 N–H and O–H groups in total. The molecule has 1 aliphatic rings. The number of nitrogens with one attached hydrogen (secondary N) is 1. The number of alkyl halides is 7. The highest BCUT2D eigenvalue weighted by atomic mass is 35.6. The van der Waals surface area contributed by atoms with E-state index in [-0.39, 0.29) is 17.9 Å². The maximum atomic E-state index is 15.1. The number of phosphoric ester groups is 1. The van der Waals surface area contributed by atoms with Gasteiger partial charge < -0.3 is 42.8 Å². The Hall–Kier alpha value is -2.30. The fourth-order valence-electron chi connectivity index (χ4n) is 8.10. The van der Waals surface area contributed by atoms with Crippen LogP contribution in [-0.4, -0.2) is 86.6 Å². The van der Waals surface area contributed by atoms with Crippen LogP contribution in [0.4, 0.5) is 9.59 Å². The first-order valence-corrected chi connectivity index (χ1v) is 31.1. The normalized spacial score (nSPS) is 18.4. The van der Waals surface area contributed by atoms with Crippen molar-refractivity contribution < 1.29 is 65.7 Å². The Morgan fingerprint density at radius 2 is 1.13 bits per heavy atom. The minimum Gasteiger partial charge on any atom is -0.462 e. The topological polar surface area (TPSA) is 180 Å². The molecular weight excluding hydrogens is 1170 g/mol. The minimum atomic E-state index is -4.98. The molecule has 438 valence electrons. The molecule has 0 aliphatic carbocycles. The van der Waals surface area contributed by atoms with Crippen LogP contribution in [0.25, 0.3) is 0 Å². The number of rotatable bonds is 37. The van der Waals surface area contributed by atoms with Gasteiger partial charge in [0.15, 0.2) is 17.3 Å². The van der Waals surface area contributed by atoms with Crippen molar-refractivity contribution >= 4 is 113 Å². The minimum absolute atomic E-state index is 0.0249. The first-order valence-electron chi connectivity index (χ1n) is 26.9. The van der Waals surface area contributed by atoms with E-state index < -0.39 is 101 Å². The van der Waals surface area contributed by atoms with Crippen molar-refractivity contribution in [2.45, 2.75) is 225 Å². The maximum Gasteiger partial charge on any atom is 0.588 e. The molecule has 15 nitrogen and oxygen atoms in total. The van der Waals surface area contributed by atoms with Gasteiger partial charge in [0.25, 0.3) is 0 Å². The van der Waals surface area contributed by atoms with E-state index in [1.54, 1.807) is 36.4 Å². The molecule has 1 aliphatic heterocycles. The fraction of sp³-hybridized carbons (Fsp3) is 0.704. The van der Waals surface area contributed by atoms with Gasteiger partial charge in [-0.25, -0.2) is 14.2 Å². The van der Waals surface area contributed by atoms with Crippen LogP contribution in [0.15, 0.2) is 60.7 Å². The Morgan fingerprint density at radius 1 is 0.649 bits per heavy atom. The molecule has 0 bridgehead atoms. The molecule has 2 aromatic carbocycles. The molecular formula is C54H79Cl7NO14P. The highest BCUT2D eigenvalue weighted by molar-refractivity contribution is 7.49. The number of para-hydroxylation sites is 2. The van der Waals surface area contributed by atoms with Crippen LogP contribution in [0.3, 0.4) is 0 Å². The summed E-state index contributed by atoms with van der Waals surface area (Å²) in [6.45, 7) is 5.50. The molecule has 2 aromatic rings. The van der Waals surface area contributed by atoms with Gasteiger partial charge in [0.2, 0.25) is 7.59 Å². The largest absolute Gasteiger partial charge is 0.588 e. The number of alkyl carbamates (subject to hydrolysis) is 1. The Morgan fingerprint density at radius 3 is 1.61 bits per heavy atom. The number of hydrogen-bond donors (Lipinski definition) is 1. The monoisotopic (exact) mass is 1240 g/mol. The molecule has 6 atom stereocenters. The maximum absolute atomic E-state index is 15.1.